The summed E-state index contributed by atoms with van der Waals surface area (Å²) in [5.41, 5.74) is 0.242. The highest BCUT2D eigenvalue weighted by Gasteiger charge is 2.45. The molecule has 0 saturated carbocycles. The second-order valence-corrected chi connectivity index (χ2v) is 12.2. The number of amides is 1. The minimum atomic E-state index is -3.83. The van der Waals surface area contributed by atoms with Crippen molar-refractivity contribution in [3.8, 4) is 0 Å². The van der Waals surface area contributed by atoms with E-state index in [-0.39, 0.29) is 18.4 Å². The van der Waals surface area contributed by atoms with Crippen LogP contribution in [0.2, 0.25) is 0 Å². The van der Waals surface area contributed by atoms with E-state index in [1.165, 1.54) is 0 Å². The van der Waals surface area contributed by atoms with Crippen molar-refractivity contribution >= 4 is 22.2 Å². The van der Waals surface area contributed by atoms with Crippen LogP contribution >= 0.6 is 0 Å². The maximum absolute atomic E-state index is 13.6. The Kier molecular flexibility index (Phi) is 9.77. The molecule has 0 bridgehead atoms. The number of nitrogens with zero attached hydrogens (tertiary/aromatic N) is 1. The van der Waals surface area contributed by atoms with Crippen LogP contribution in [0.15, 0.2) is 30.3 Å². The van der Waals surface area contributed by atoms with Crippen molar-refractivity contribution in [3.63, 3.8) is 0 Å². The summed E-state index contributed by atoms with van der Waals surface area (Å²) < 4.78 is 46.8. The van der Waals surface area contributed by atoms with Crippen molar-refractivity contribution < 1.29 is 36.4 Å². The molecule has 2 aliphatic heterocycles. The van der Waals surface area contributed by atoms with Crippen LogP contribution < -0.4 is 0 Å². The van der Waals surface area contributed by atoms with Crippen molar-refractivity contribution in [2.75, 3.05) is 32.6 Å². The fraction of sp³-hybridized carbons (Fsp3) is 0.692. The molecule has 2 fully saturated rings. The molecule has 202 valence electrons. The van der Waals surface area contributed by atoms with E-state index in [4.69, 9.17) is 18.4 Å². The molecule has 1 amide bonds. The molecule has 0 N–H and O–H groups in total. The SMILES string of the molecule is CC(C)(C)OC(=O)N1CCC(C(C(=O)OCc2ccccc2)C(OS(C)(=O)=O)C2CCOCC2)CC1. The van der Waals surface area contributed by atoms with Crippen molar-refractivity contribution in [1.82, 2.24) is 4.90 Å². The number of esters is 1. The molecule has 0 aliphatic carbocycles. The van der Waals surface area contributed by atoms with Crippen LogP contribution in [0.25, 0.3) is 0 Å². The summed E-state index contributed by atoms with van der Waals surface area (Å²) >= 11 is 0. The zero-order chi connectivity index (χ0) is 26.3. The maximum atomic E-state index is 13.6. The van der Waals surface area contributed by atoms with Gasteiger partial charge in [0.05, 0.1) is 18.3 Å². The summed E-state index contributed by atoms with van der Waals surface area (Å²) in [5, 5.41) is 0. The zero-order valence-electron chi connectivity index (χ0n) is 21.7. The van der Waals surface area contributed by atoms with Crippen molar-refractivity contribution in [1.29, 1.82) is 0 Å². The van der Waals surface area contributed by atoms with Crippen LogP contribution in [-0.2, 0) is 39.9 Å². The summed E-state index contributed by atoms with van der Waals surface area (Å²) in [7, 11) is -3.83. The number of carbonyl (C=O) groups is 2. The lowest BCUT2D eigenvalue weighted by atomic mass is 9.75. The molecule has 36 heavy (non-hydrogen) atoms. The lowest BCUT2D eigenvalue weighted by Crippen LogP contribution is -2.49. The summed E-state index contributed by atoms with van der Waals surface area (Å²) in [6.45, 7) is 7.32. The average Bonchev–Trinajstić information content (AvgIpc) is 2.82. The van der Waals surface area contributed by atoms with Crippen LogP contribution in [0.5, 0.6) is 0 Å². The first-order valence-electron chi connectivity index (χ1n) is 12.6. The van der Waals surface area contributed by atoms with Gasteiger partial charge >= 0.3 is 12.1 Å². The second-order valence-electron chi connectivity index (χ2n) is 10.6. The fourth-order valence-corrected chi connectivity index (χ4v) is 5.55. The highest BCUT2D eigenvalue weighted by atomic mass is 32.2. The van der Waals surface area contributed by atoms with Gasteiger partial charge in [0.1, 0.15) is 12.2 Å². The minimum Gasteiger partial charge on any atom is -0.461 e. The number of hydrogen-bond acceptors (Lipinski definition) is 8. The summed E-state index contributed by atoms with van der Waals surface area (Å²) in [6, 6.07) is 9.35. The molecular formula is C26H39NO8S. The highest BCUT2D eigenvalue weighted by molar-refractivity contribution is 7.86. The number of piperidine rings is 1. The maximum Gasteiger partial charge on any atom is 0.410 e. The van der Waals surface area contributed by atoms with Crippen molar-refractivity contribution in [2.24, 2.45) is 17.8 Å². The van der Waals surface area contributed by atoms with E-state index in [1.807, 2.05) is 51.1 Å². The Labute approximate surface area is 214 Å². The first-order valence-corrected chi connectivity index (χ1v) is 14.4. The Morgan fingerprint density at radius 2 is 1.64 bits per heavy atom. The lowest BCUT2D eigenvalue weighted by Gasteiger charge is -2.40. The fourth-order valence-electron chi connectivity index (χ4n) is 4.87. The summed E-state index contributed by atoms with van der Waals surface area (Å²) in [4.78, 5) is 27.7. The van der Waals surface area contributed by atoms with E-state index in [1.54, 1.807) is 4.90 Å². The second kappa shape index (κ2) is 12.4. The van der Waals surface area contributed by atoms with E-state index < -0.39 is 39.8 Å². The van der Waals surface area contributed by atoms with E-state index in [0.717, 1.165) is 11.8 Å². The first-order chi connectivity index (χ1) is 16.9. The summed E-state index contributed by atoms with van der Waals surface area (Å²) in [6.07, 6.45) is 1.98. The first kappa shape index (κ1) is 28.4. The molecule has 0 radical (unpaired) electrons. The third kappa shape index (κ3) is 8.74. The molecule has 1 aromatic carbocycles. The molecule has 3 rings (SSSR count). The molecule has 10 heteroatoms. The predicted molar refractivity (Wildman–Crippen MR) is 134 cm³/mol. The van der Waals surface area contributed by atoms with Gasteiger partial charge in [0.2, 0.25) is 0 Å². The smallest absolute Gasteiger partial charge is 0.410 e. The largest absolute Gasteiger partial charge is 0.461 e. The van der Waals surface area contributed by atoms with Gasteiger partial charge in [-0.1, -0.05) is 30.3 Å². The van der Waals surface area contributed by atoms with Gasteiger partial charge in [-0.15, -0.1) is 0 Å². The van der Waals surface area contributed by atoms with Gasteiger partial charge in [-0.2, -0.15) is 8.42 Å². The standard InChI is InChI=1S/C26H39NO8S/c1-26(2,3)34-25(29)27-14-10-20(11-15-27)22(24(28)33-18-19-8-6-5-7-9-19)23(35-36(4,30)31)21-12-16-32-17-13-21/h5-9,20-23H,10-18H2,1-4H3. The topological polar surface area (TPSA) is 108 Å². The van der Waals surface area contributed by atoms with Gasteiger partial charge in [0, 0.05) is 26.3 Å². The van der Waals surface area contributed by atoms with Gasteiger partial charge in [-0.3, -0.25) is 8.98 Å². The molecule has 9 nitrogen and oxygen atoms in total. The van der Waals surface area contributed by atoms with Crippen LogP contribution in [-0.4, -0.2) is 69.6 Å². The highest BCUT2D eigenvalue weighted by Crippen LogP contribution is 2.37. The van der Waals surface area contributed by atoms with E-state index in [2.05, 4.69) is 0 Å². The third-order valence-electron chi connectivity index (χ3n) is 6.57. The van der Waals surface area contributed by atoms with Crippen LogP contribution in [0.4, 0.5) is 4.79 Å². The molecule has 1 aromatic rings. The quantitative estimate of drug-likeness (QED) is 0.373. The normalized spacial score (nSPS) is 19.9. The van der Waals surface area contributed by atoms with Gasteiger partial charge in [0.25, 0.3) is 10.1 Å². The Morgan fingerprint density at radius 1 is 1.03 bits per heavy atom. The van der Waals surface area contributed by atoms with Crippen molar-refractivity contribution in [2.45, 2.75) is 64.8 Å². The number of benzene rings is 1. The molecule has 0 aromatic heterocycles. The summed E-state index contributed by atoms with van der Waals surface area (Å²) in [5.74, 6) is -1.63. The minimum absolute atomic E-state index is 0.0896. The Hall–Kier alpha value is -2.17. The molecule has 2 atom stereocenters. The van der Waals surface area contributed by atoms with E-state index in [9.17, 15) is 18.0 Å². The Balaban J connectivity index is 1.80. The third-order valence-corrected chi connectivity index (χ3v) is 7.14. The van der Waals surface area contributed by atoms with Gasteiger partial charge < -0.3 is 19.1 Å². The van der Waals surface area contributed by atoms with Gasteiger partial charge in [0.15, 0.2) is 0 Å². The number of carbonyl (C=O) groups excluding carboxylic acids is 2. The van der Waals surface area contributed by atoms with Crippen LogP contribution in [0.3, 0.4) is 0 Å². The molecule has 2 saturated heterocycles. The lowest BCUT2D eigenvalue weighted by molar-refractivity contribution is -0.159. The van der Waals surface area contributed by atoms with E-state index >= 15 is 0 Å². The van der Waals surface area contributed by atoms with E-state index in [0.29, 0.717) is 52.0 Å². The molecule has 2 aliphatic rings. The molecular weight excluding hydrogens is 486 g/mol. The van der Waals surface area contributed by atoms with Gasteiger partial charge in [-0.05, 0) is 63.9 Å². The Morgan fingerprint density at radius 3 is 2.19 bits per heavy atom. The number of hydrogen-bond donors (Lipinski definition) is 0. The average molecular weight is 526 g/mol. The molecule has 0 spiro atoms. The molecule has 2 heterocycles. The van der Waals surface area contributed by atoms with Crippen molar-refractivity contribution in [3.05, 3.63) is 35.9 Å². The monoisotopic (exact) mass is 525 g/mol. The number of rotatable bonds is 8. The zero-order valence-corrected chi connectivity index (χ0v) is 22.5. The van der Waals surface area contributed by atoms with Crippen LogP contribution in [0.1, 0.15) is 52.0 Å². The predicted octanol–water partition coefficient (Wildman–Crippen LogP) is 3.76. The van der Waals surface area contributed by atoms with Gasteiger partial charge in [-0.25, -0.2) is 4.79 Å². The Bertz CT molecular complexity index is 961. The van der Waals surface area contributed by atoms with Crippen LogP contribution in [0, 0.1) is 17.8 Å². The number of ether oxygens (including phenoxy) is 3. The number of likely N-dealkylation sites (tertiary alicyclic amines) is 1. The molecule has 2 unspecified atom stereocenters.